The Morgan fingerprint density at radius 3 is 2.81 bits per heavy atom. The maximum atomic E-state index is 11.8. The number of para-hydroxylation sites is 3. The van der Waals surface area contributed by atoms with Crippen LogP contribution in [0.4, 0.5) is 5.69 Å². The number of nitrogens with one attached hydrogen (secondary N) is 1. The Labute approximate surface area is 158 Å². The summed E-state index contributed by atoms with van der Waals surface area (Å²) in [6.45, 7) is -0.425. The monoisotopic (exact) mass is 384 g/mol. The number of carbonyl (C=O) groups excluding carboxylic acids is 1. The van der Waals surface area contributed by atoms with Gasteiger partial charge >= 0.3 is 5.69 Å². The van der Waals surface area contributed by atoms with Gasteiger partial charge in [-0.15, -0.1) is 0 Å². The normalized spacial score (nSPS) is 10.9. The van der Waals surface area contributed by atoms with Gasteiger partial charge < -0.3 is 4.74 Å². The van der Waals surface area contributed by atoms with E-state index >= 15 is 0 Å². The summed E-state index contributed by atoms with van der Waals surface area (Å²) >= 11 is 6.10. The Balaban J connectivity index is 1.61. The Morgan fingerprint density at radius 1 is 1.26 bits per heavy atom. The highest BCUT2D eigenvalue weighted by atomic mass is 35.5. The number of carbonyl (C=O) groups is 1. The number of hydrazone groups is 1. The van der Waals surface area contributed by atoms with Crippen LogP contribution in [0.2, 0.25) is 5.15 Å². The second-order valence-electron chi connectivity index (χ2n) is 5.37. The zero-order chi connectivity index (χ0) is 19.2. The molecule has 3 aromatic rings. The van der Waals surface area contributed by atoms with Gasteiger partial charge in [0.15, 0.2) is 12.4 Å². The lowest BCUT2D eigenvalue weighted by molar-refractivity contribution is -0.385. The van der Waals surface area contributed by atoms with Crippen LogP contribution in [0.25, 0.3) is 10.9 Å². The predicted molar refractivity (Wildman–Crippen MR) is 101 cm³/mol. The van der Waals surface area contributed by atoms with Crippen LogP contribution in [-0.2, 0) is 4.79 Å². The van der Waals surface area contributed by atoms with E-state index in [1.807, 2.05) is 24.3 Å². The van der Waals surface area contributed by atoms with E-state index < -0.39 is 17.4 Å². The largest absolute Gasteiger partial charge is 0.477 e. The number of nitrogens with zero attached hydrogens (tertiary/aromatic N) is 3. The molecule has 0 aliphatic carbocycles. The molecule has 0 fully saturated rings. The fraction of sp³-hybridized carbons (Fsp3) is 0.0556. The highest BCUT2D eigenvalue weighted by molar-refractivity contribution is 6.32. The Morgan fingerprint density at radius 2 is 2.00 bits per heavy atom. The first-order valence-corrected chi connectivity index (χ1v) is 8.16. The third kappa shape index (κ3) is 4.56. The molecule has 0 spiro atoms. The number of hydrogen-bond acceptors (Lipinski definition) is 6. The molecular weight excluding hydrogens is 372 g/mol. The molecule has 136 valence electrons. The minimum atomic E-state index is -0.583. The molecule has 0 unspecified atom stereocenters. The third-order valence-electron chi connectivity index (χ3n) is 3.52. The summed E-state index contributed by atoms with van der Waals surface area (Å²) in [6.07, 6.45) is 1.37. The van der Waals surface area contributed by atoms with Gasteiger partial charge in [-0.05, 0) is 18.2 Å². The van der Waals surface area contributed by atoms with Crippen LogP contribution >= 0.6 is 11.6 Å². The number of nitro benzene ring substituents is 1. The number of fused-ring (bicyclic) bond motifs is 1. The van der Waals surface area contributed by atoms with E-state index in [1.54, 1.807) is 12.1 Å². The summed E-state index contributed by atoms with van der Waals surface area (Å²) in [7, 11) is 0. The molecule has 0 bridgehead atoms. The van der Waals surface area contributed by atoms with Gasteiger partial charge in [0, 0.05) is 17.0 Å². The number of amides is 1. The third-order valence-corrected chi connectivity index (χ3v) is 3.82. The molecule has 1 heterocycles. The number of nitro groups is 1. The van der Waals surface area contributed by atoms with Gasteiger partial charge in [-0.1, -0.05) is 41.9 Å². The summed E-state index contributed by atoms with van der Waals surface area (Å²) in [5.74, 6) is -0.572. The maximum absolute atomic E-state index is 11.8. The zero-order valence-corrected chi connectivity index (χ0v) is 14.6. The molecule has 3 rings (SSSR count). The first kappa shape index (κ1) is 18.3. The van der Waals surface area contributed by atoms with Gasteiger partial charge in [0.25, 0.3) is 5.91 Å². The number of benzene rings is 2. The van der Waals surface area contributed by atoms with E-state index in [4.69, 9.17) is 16.3 Å². The Kier molecular flexibility index (Phi) is 5.58. The standard InChI is InChI=1S/C18H13ClN4O4/c19-18-13(9-12-5-1-2-6-14(12)21-18)10-20-22-17(24)11-27-16-8-4-3-7-15(16)23(25)26/h1-10H,11H2,(H,22,24)/b20-10-. The van der Waals surface area contributed by atoms with E-state index in [-0.39, 0.29) is 16.6 Å². The smallest absolute Gasteiger partial charge is 0.310 e. The highest BCUT2D eigenvalue weighted by Crippen LogP contribution is 2.25. The molecular formula is C18H13ClN4O4. The van der Waals surface area contributed by atoms with Crippen molar-refractivity contribution in [2.75, 3.05) is 6.61 Å². The van der Waals surface area contributed by atoms with Crippen molar-refractivity contribution in [2.45, 2.75) is 0 Å². The summed E-state index contributed by atoms with van der Waals surface area (Å²) in [5.41, 5.74) is 3.34. The lowest BCUT2D eigenvalue weighted by atomic mass is 10.2. The second kappa shape index (κ2) is 8.24. The van der Waals surface area contributed by atoms with Crippen molar-refractivity contribution in [3.8, 4) is 5.75 Å². The molecule has 0 radical (unpaired) electrons. The van der Waals surface area contributed by atoms with Crippen molar-refractivity contribution in [1.29, 1.82) is 0 Å². The van der Waals surface area contributed by atoms with Crippen LogP contribution in [0.15, 0.2) is 59.7 Å². The highest BCUT2D eigenvalue weighted by Gasteiger charge is 2.14. The minimum Gasteiger partial charge on any atom is -0.477 e. The molecule has 0 atom stereocenters. The van der Waals surface area contributed by atoms with Crippen LogP contribution < -0.4 is 10.2 Å². The summed E-state index contributed by atoms with van der Waals surface area (Å²) in [6, 6.07) is 15.0. The number of aromatic nitrogens is 1. The van der Waals surface area contributed by atoms with Crippen LogP contribution in [-0.4, -0.2) is 28.6 Å². The van der Waals surface area contributed by atoms with E-state index in [2.05, 4.69) is 15.5 Å². The van der Waals surface area contributed by atoms with Crippen molar-refractivity contribution < 1.29 is 14.5 Å². The van der Waals surface area contributed by atoms with Crippen LogP contribution in [0.3, 0.4) is 0 Å². The van der Waals surface area contributed by atoms with Gasteiger partial charge in [-0.25, -0.2) is 10.4 Å². The molecule has 8 nitrogen and oxygen atoms in total. The van der Waals surface area contributed by atoms with Gasteiger partial charge in [0.1, 0.15) is 5.15 Å². The summed E-state index contributed by atoms with van der Waals surface area (Å²) in [4.78, 5) is 26.4. The number of ether oxygens (including phenoxy) is 1. The van der Waals surface area contributed by atoms with Crippen LogP contribution in [0, 0.1) is 10.1 Å². The van der Waals surface area contributed by atoms with Crippen molar-refractivity contribution in [3.63, 3.8) is 0 Å². The average Bonchev–Trinajstić information content (AvgIpc) is 2.67. The summed E-state index contributed by atoms with van der Waals surface area (Å²) in [5, 5.41) is 15.9. The maximum Gasteiger partial charge on any atom is 0.310 e. The summed E-state index contributed by atoms with van der Waals surface area (Å²) < 4.78 is 5.18. The van der Waals surface area contributed by atoms with E-state index in [0.717, 1.165) is 10.9 Å². The van der Waals surface area contributed by atoms with Crippen LogP contribution in [0.5, 0.6) is 5.75 Å². The predicted octanol–water partition coefficient (Wildman–Crippen LogP) is 3.33. The van der Waals surface area contributed by atoms with Crippen LogP contribution in [0.1, 0.15) is 5.56 Å². The second-order valence-corrected chi connectivity index (χ2v) is 5.73. The van der Waals surface area contributed by atoms with E-state index in [0.29, 0.717) is 5.56 Å². The van der Waals surface area contributed by atoms with Gasteiger partial charge in [-0.2, -0.15) is 5.10 Å². The number of halogens is 1. The van der Waals surface area contributed by atoms with Crippen molar-refractivity contribution in [3.05, 3.63) is 75.4 Å². The number of rotatable bonds is 6. The first-order chi connectivity index (χ1) is 13.0. The molecule has 9 heteroatoms. The molecule has 27 heavy (non-hydrogen) atoms. The lowest BCUT2D eigenvalue weighted by Gasteiger charge is -2.05. The van der Waals surface area contributed by atoms with E-state index in [1.165, 1.54) is 24.4 Å². The van der Waals surface area contributed by atoms with Gasteiger partial charge in [0.2, 0.25) is 0 Å². The Bertz CT molecular complexity index is 1040. The molecule has 1 aromatic heterocycles. The molecule has 0 saturated heterocycles. The number of pyridine rings is 1. The van der Waals surface area contributed by atoms with Crippen molar-refractivity contribution in [1.82, 2.24) is 10.4 Å². The quantitative estimate of drug-likeness (QED) is 0.303. The molecule has 0 aliphatic heterocycles. The minimum absolute atomic E-state index is 0.00315. The lowest BCUT2D eigenvalue weighted by Crippen LogP contribution is -2.24. The molecule has 0 saturated carbocycles. The fourth-order valence-electron chi connectivity index (χ4n) is 2.28. The molecule has 0 aliphatic rings. The average molecular weight is 385 g/mol. The topological polar surface area (TPSA) is 107 Å². The van der Waals surface area contributed by atoms with Gasteiger partial charge in [-0.3, -0.25) is 14.9 Å². The molecule has 1 N–H and O–H groups in total. The van der Waals surface area contributed by atoms with Crippen molar-refractivity contribution >= 4 is 40.3 Å². The first-order valence-electron chi connectivity index (χ1n) is 7.78. The van der Waals surface area contributed by atoms with Gasteiger partial charge in [0.05, 0.1) is 16.7 Å². The molecule has 2 aromatic carbocycles. The van der Waals surface area contributed by atoms with E-state index in [9.17, 15) is 14.9 Å². The Hall–Kier alpha value is -3.52. The number of hydrogen-bond donors (Lipinski definition) is 1. The fourth-order valence-corrected chi connectivity index (χ4v) is 2.47. The van der Waals surface area contributed by atoms with Crippen molar-refractivity contribution in [2.24, 2.45) is 5.10 Å². The SMILES string of the molecule is O=C(COc1ccccc1[N+](=O)[O-])N/N=C\c1cc2ccccc2nc1Cl. The zero-order valence-electron chi connectivity index (χ0n) is 13.8. The molecule has 1 amide bonds.